The van der Waals surface area contributed by atoms with Crippen molar-refractivity contribution in [3.63, 3.8) is 0 Å². The summed E-state index contributed by atoms with van der Waals surface area (Å²) >= 11 is 12.3. The van der Waals surface area contributed by atoms with Gasteiger partial charge in [0.2, 0.25) is 0 Å². The summed E-state index contributed by atoms with van der Waals surface area (Å²) in [4.78, 5) is 6.82. The Morgan fingerprint density at radius 2 is 1.85 bits per heavy atom. The first-order chi connectivity index (χ1) is 9.75. The number of halogens is 2. The molecule has 2 heterocycles. The van der Waals surface area contributed by atoms with Crippen LogP contribution in [-0.4, -0.2) is 36.1 Å². The quantitative estimate of drug-likeness (QED) is 0.865. The van der Waals surface area contributed by atoms with Crippen molar-refractivity contribution in [2.45, 2.75) is 31.7 Å². The lowest BCUT2D eigenvalue weighted by atomic mass is 9.90. The molecule has 1 N–H and O–H groups in total. The number of aromatic nitrogens is 1. The maximum absolute atomic E-state index is 6.38. The zero-order chi connectivity index (χ0) is 13.9. The molecular formula is C15H21Cl2N3. The Bertz CT molecular complexity index is 454. The SMILES string of the molecule is Clc1ccc([C@@H](C2CCCC2)N2CCNCC2)c(Cl)n1. The van der Waals surface area contributed by atoms with Crippen LogP contribution in [0.2, 0.25) is 10.3 Å². The minimum Gasteiger partial charge on any atom is -0.314 e. The van der Waals surface area contributed by atoms with Gasteiger partial charge in [-0.3, -0.25) is 4.90 Å². The van der Waals surface area contributed by atoms with E-state index in [-0.39, 0.29) is 0 Å². The standard InChI is InChI=1S/C15H21Cl2N3/c16-13-6-5-12(15(17)19-13)14(11-3-1-2-4-11)20-9-7-18-8-10-20/h5-6,11,14,18H,1-4,7-10H2/t14-/m1/s1. The Morgan fingerprint density at radius 3 is 2.50 bits per heavy atom. The Labute approximate surface area is 130 Å². The predicted octanol–water partition coefficient (Wildman–Crippen LogP) is 3.52. The Kier molecular flexibility index (Phi) is 4.82. The molecule has 1 aromatic heterocycles. The van der Waals surface area contributed by atoms with E-state index in [1.54, 1.807) is 0 Å². The molecule has 0 bridgehead atoms. The molecule has 0 amide bonds. The molecule has 1 aromatic rings. The van der Waals surface area contributed by atoms with Gasteiger partial charge in [-0.15, -0.1) is 0 Å². The third-order valence-corrected chi connectivity index (χ3v) is 5.07. The Morgan fingerprint density at radius 1 is 1.15 bits per heavy atom. The van der Waals surface area contributed by atoms with E-state index >= 15 is 0 Å². The molecular weight excluding hydrogens is 293 g/mol. The lowest BCUT2D eigenvalue weighted by Gasteiger charge is -2.38. The first-order valence-electron chi connectivity index (χ1n) is 7.52. The van der Waals surface area contributed by atoms with Gasteiger partial charge in [-0.25, -0.2) is 4.98 Å². The summed E-state index contributed by atoms with van der Waals surface area (Å²) in [5, 5.41) is 4.48. The molecule has 20 heavy (non-hydrogen) atoms. The maximum Gasteiger partial charge on any atom is 0.135 e. The van der Waals surface area contributed by atoms with Gasteiger partial charge in [-0.1, -0.05) is 42.1 Å². The second-order valence-electron chi connectivity index (χ2n) is 5.79. The van der Waals surface area contributed by atoms with Gasteiger partial charge >= 0.3 is 0 Å². The minimum atomic E-state index is 0.400. The van der Waals surface area contributed by atoms with Crippen LogP contribution >= 0.6 is 23.2 Å². The van der Waals surface area contributed by atoms with Gasteiger partial charge in [0.1, 0.15) is 10.3 Å². The highest BCUT2D eigenvalue weighted by Gasteiger charge is 2.33. The van der Waals surface area contributed by atoms with Crippen molar-refractivity contribution in [2.24, 2.45) is 5.92 Å². The fourth-order valence-electron chi connectivity index (χ4n) is 3.63. The van der Waals surface area contributed by atoms with Crippen molar-refractivity contribution in [2.75, 3.05) is 26.2 Å². The lowest BCUT2D eigenvalue weighted by molar-refractivity contribution is 0.125. The molecule has 3 rings (SSSR count). The molecule has 0 radical (unpaired) electrons. The van der Waals surface area contributed by atoms with Crippen LogP contribution in [-0.2, 0) is 0 Å². The van der Waals surface area contributed by atoms with Crippen molar-refractivity contribution in [1.29, 1.82) is 0 Å². The van der Waals surface area contributed by atoms with Crippen LogP contribution in [0.4, 0.5) is 0 Å². The molecule has 1 atom stereocenters. The van der Waals surface area contributed by atoms with Crippen LogP contribution in [0.3, 0.4) is 0 Å². The van der Waals surface area contributed by atoms with Crippen molar-refractivity contribution in [1.82, 2.24) is 15.2 Å². The summed E-state index contributed by atoms with van der Waals surface area (Å²) in [6, 6.07) is 4.34. The maximum atomic E-state index is 6.38. The molecule has 0 spiro atoms. The van der Waals surface area contributed by atoms with Gasteiger partial charge in [0.15, 0.2) is 0 Å². The summed E-state index contributed by atoms with van der Waals surface area (Å²) < 4.78 is 0. The zero-order valence-electron chi connectivity index (χ0n) is 11.6. The summed E-state index contributed by atoms with van der Waals surface area (Å²) in [5.41, 5.74) is 1.16. The van der Waals surface area contributed by atoms with Crippen molar-refractivity contribution >= 4 is 23.2 Å². The second-order valence-corrected chi connectivity index (χ2v) is 6.53. The average Bonchev–Trinajstić information content (AvgIpc) is 2.97. The molecule has 2 aliphatic rings. The fourth-order valence-corrected chi connectivity index (χ4v) is 4.08. The highest BCUT2D eigenvalue weighted by Crippen LogP contribution is 2.41. The third kappa shape index (κ3) is 3.11. The van der Waals surface area contributed by atoms with Gasteiger partial charge in [0, 0.05) is 37.8 Å². The van der Waals surface area contributed by atoms with E-state index in [9.17, 15) is 0 Å². The van der Waals surface area contributed by atoms with Gasteiger partial charge in [-0.05, 0) is 24.8 Å². The van der Waals surface area contributed by atoms with Crippen LogP contribution in [0.5, 0.6) is 0 Å². The van der Waals surface area contributed by atoms with Crippen LogP contribution in [0, 0.1) is 5.92 Å². The summed E-state index contributed by atoms with van der Waals surface area (Å²) in [6.45, 7) is 4.28. The Balaban J connectivity index is 1.90. The summed E-state index contributed by atoms with van der Waals surface area (Å²) in [7, 11) is 0. The number of pyridine rings is 1. The summed E-state index contributed by atoms with van der Waals surface area (Å²) in [5.74, 6) is 0.702. The molecule has 0 unspecified atom stereocenters. The molecule has 3 nitrogen and oxygen atoms in total. The van der Waals surface area contributed by atoms with Gasteiger partial charge < -0.3 is 5.32 Å². The Hall–Kier alpha value is -0.350. The minimum absolute atomic E-state index is 0.400. The first-order valence-corrected chi connectivity index (χ1v) is 8.28. The smallest absolute Gasteiger partial charge is 0.135 e. The first kappa shape index (κ1) is 14.6. The largest absolute Gasteiger partial charge is 0.314 e. The number of hydrogen-bond donors (Lipinski definition) is 1. The van der Waals surface area contributed by atoms with Crippen molar-refractivity contribution in [3.05, 3.63) is 28.0 Å². The molecule has 2 fully saturated rings. The highest BCUT2D eigenvalue weighted by atomic mass is 35.5. The van der Waals surface area contributed by atoms with E-state index < -0.39 is 0 Å². The normalized spacial score (nSPS) is 23.1. The van der Waals surface area contributed by atoms with Crippen LogP contribution in [0.15, 0.2) is 12.1 Å². The molecule has 0 aromatic carbocycles. The van der Waals surface area contributed by atoms with Gasteiger partial charge in [0.05, 0.1) is 0 Å². The number of nitrogens with one attached hydrogen (secondary N) is 1. The fraction of sp³-hybridized carbons (Fsp3) is 0.667. The third-order valence-electron chi connectivity index (χ3n) is 4.55. The molecule has 5 heteroatoms. The molecule has 110 valence electrons. The molecule has 1 aliphatic carbocycles. The van der Waals surface area contributed by atoms with E-state index in [1.807, 2.05) is 6.07 Å². The highest BCUT2D eigenvalue weighted by molar-refractivity contribution is 6.32. The van der Waals surface area contributed by atoms with Crippen LogP contribution in [0.1, 0.15) is 37.3 Å². The average molecular weight is 314 g/mol. The zero-order valence-corrected chi connectivity index (χ0v) is 13.1. The van der Waals surface area contributed by atoms with Gasteiger partial charge in [0.25, 0.3) is 0 Å². The van der Waals surface area contributed by atoms with Crippen molar-refractivity contribution < 1.29 is 0 Å². The van der Waals surface area contributed by atoms with Crippen molar-refractivity contribution in [3.8, 4) is 0 Å². The number of nitrogens with zero attached hydrogens (tertiary/aromatic N) is 2. The van der Waals surface area contributed by atoms with E-state index in [2.05, 4.69) is 21.3 Å². The van der Waals surface area contributed by atoms with E-state index in [4.69, 9.17) is 23.2 Å². The lowest BCUT2D eigenvalue weighted by Crippen LogP contribution is -2.46. The van der Waals surface area contributed by atoms with Crippen LogP contribution in [0.25, 0.3) is 0 Å². The predicted molar refractivity (Wildman–Crippen MR) is 83.4 cm³/mol. The molecule has 1 saturated carbocycles. The van der Waals surface area contributed by atoms with Crippen LogP contribution < -0.4 is 5.32 Å². The topological polar surface area (TPSA) is 28.2 Å². The molecule has 1 aliphatic heterocycles. The monoisotopic (exact) mass is 313 g/mol. The van der Waals surface area contributed by atoms with E-state index in [0.717, 1.165) is 31.7 Å². The number of hydrogen-bond acceptors (Lipinski definition) is 3. The van der Waals surface area contributed by atoms with E-state index in [1.165, 1.54) is 25.7 Å². The second kappa shape index (κ2) is 6.61. The van der Waals surface area contributed by atoms with Gasteiger partial charge in [-0.2, -0.15) is 0 Å². The number of piperazine rings is 1. The van der Waals surface area contributed by atoms with E-state index in [0.29, 0.717) is 22.3 Å². The number of rotatable bonds is 3. The summed E-state index contributed by atoms with van der Waals surface area (Å²) in [6.07, 6.45) is 5.28. The molecule has 1 saturated heterocycles.